The summed E-state index contributed by atoms with van der Waals surface area (Å²) in [5.74, 6) is 0. The Morgan fingerprint density at radius 2 is 0.870 bits per heavy atom. The molecule has 0 saturated heterocycles. The van der Waals surface area contributed by atoms with Crippen LogP contribution in [-0.4, -0.2) is 9.11 Å². The Bertz CT molecular complexity index is 756. The number of aryl methyl sites for hydroxylation is 1. The van der Waals surface area contributed by atoms with Crippen LogP contribution in [0.2, 0.25) is 0 Å². The highest BCUT2D eigenvalue weighted by molar-refractivity contribution is 7.92. The summed E-state index contributed by atoms with van der Waals surface area (Å²) in [7, 11) is 0. The first-order valence-corrected chi connectivity index (χ1v) is 9.50. The van der Waals surface area contributed by atoms with Crippen molar-refractivity contribution in [2.24, 2.45) is 0 Å². The van der Waals surface area contributed by atoms with Crippen molar-refractivity contribution in [3.63, 3.8) is 0 Å². The van der Waals surface area contributed by atoms with Crippen LogP contribution < -0.4 is 0 Å². The molecule has 3 rings (SSSR count). The smallest absolute Gasteiger partial charge is 0.158 e. The minimum absolute atomic E-state index is 0.709. The monoisotopic (exact) mass is 340 g/mol. The molecule has 2 nitrogen and oxygen atoms in total. The molecule has 0 amide bonds. The summed E-state index contributed by atoms with van der Waals surface area (Å²) < 4.78 is 25.0. The van der Waals surface area contributed by atoms with Crippen molar-refractivity contribution in [2.75, 3.05) is 0 Å². The molecule has 2 atom stereocenters. The van der Waals surface area contributed by atoms with E-state index in [0.717, 1.165) is 15.4 Å². The zero-order valence-corrected chi connectivity index (χ0v) is 14.3. The van der Waals surface area contributed by atoms with Gasteiger partial charge in [0.2, 0.25) is 0 Å². The van der Waals surface area contributed by atoms with Crippen molar-refractivity contribution >= 4 is 22.4 Å². The molecule has 116 valence electrons. The normalized spacial score (nSPS) is 13.5. The second-order valence-electron chi connectivity index (χ2n) is 5.13. The van der Waals surface area contributed by atoms with Gasteiger partial charge >= 0.3 is 0 Å². The fourth-order valence-corrected chi connectivity index (χ4v) is 4.26. The third-order valence-electron chi connectivity index (χ3n) is 3.44. The van der Waals surface area contributed by atoms with Crippen LogP contribution in [0.5, 0.6) is 0 Å². The molecule has 2 unspecified atom stereocenters. The van der Waals surface area contributed by atoms with Crippen LogP contribution in [0.1, 0.15) is 5.56 Å². The molecule has 0 bridgehead atoms. The maximum atomic E-state index is 12.5. The van der Waals surface area contributed by atoms with Gasteiger partial charge in [0, 0.05) is 22.4 Å². The molecular formula is C19H16O2S2. The number of hydrogen-bond donors (Lipinski definition) is 0. The highest BCUT2D eigenvalue weighted by Gasteiger charge is 2.18. The Balaban J connectivity index is 1.80. The lowest BCUT2D eigenvalue weighted by molar-refractivity contribution is 0.592. The van der Waals surface area contributed by atoms with Crippen molar-refractivity contribution in [2.45, 2.75) is 26.5 Å². The van der Waals surface area contributed by atoms with Gasteiger partial charge in [-0.3, -0.25) is 0 Å². The Hall–Kier alpha value is -1.72. The van der Waals surface area contributed by atoms with E-state index >= 15 is 0 Å². The van der Waals surface area contributed by atoms with Crippen LogP contribution in [0.25, 0.3) is 0 Å². The van der Waals surface area contributed by atoms with Crippen molar-refractivity contribution in [1.82, 2.24) is 0 Å². The maximum absolute atomic E-state index is 12.5. The molecule has 0 fully saturated rings. The first-order chi connectivity index (χ1) is 11.1. The van der Waals surface area contributed by atoms with Gasteiger partial charge in [0.1, 0.15) is 0 Å². The maximum Gasteiger partial charge on any atom is 0.158 e. The van der Waals surface area contributed by atoms with Crippen LogP contribution in [0.4, 0.5) is 0 Å². The number of benzene rings is 3. The van der Waals surface area contributed by atoms with Crippen molar-refractivity contribution in [3.8, 4) is 0 Å². The second-order valence-corrected chi connectivity index (χ2v) is 8.10. The van der Waals surface area contributed by atoms with E-state index in [1.54, 1.807) is 24.3 Å². The molecule has 0 aliphatic carbocycles. The van der Waals surface area contributed by atoms with Gasteiger partial charge in [0.15, 0.2) is 19.6 Å². The molecule has 4 heteroatoms. The van der Waals surface area contributed by atoms with Gasteiger partial charge in [-0.25, -0.2) is 0 Å². The third kappa shape index (κ3) is 3.79. The van der Waals surface area contributed by atoms with E-state index in [4.69, 9.17) is 0 Å². The Morgan fingerprint density at radius 1 is 0.522 bits per heavy atom. The quantitative estimate of drug-likeness (QED) is 0.664. The molecule has 3 aromatic carbocycles. The molecule has 23 heavy (non-hydrogen) atoms. The van der Waals surface area contributed by atoms with Crippen LogP contribution in [-0.2, 0) is 22.4 Å². The first kappa shape index (κ1) is 16.1. The second kappa shape index (κ2) is 7.23. The van der Waals surface area contributed by atoms with Crippen LogP contribution in [0.15, 0.2) is 98.4 Å². The largest absolute Gasteiger partial charge is 0.606 e. The van der Waals surface area contributed by atoms with Gasteiger partial charge in [-0.05, 0) is 55.5 Å². The average Bonchev–Trinajstić information content (AvgIpc) is 2.62. The third-order valence-corrected chi connectivity index (χ3v) is 6.25. The summed E-state index contributed by atoms with van der Waals surface area (Å²) in [6.07, 6.45) is 0. The van der Waals surface area contributed by atoms with E-state index in [2.05, 4.69) is 0 Å². The van der Waals surface area contributed by atoms with E-state index in [-0.39, 0.29) is 0 Å². The molecule has 0 aromatic heterocycles. The van der Waals surface area contributed by atoms with Crippen molar-refractivity contribution in [1.29, 1.82) is 0 Å². The molecule has 0 radical (unpaired) electrons. The van der Waals surface area contributed by atoms with Crippen molar-refractivity contribution < 1.29 is 9.11 Å². The Labute approximate surface area is 142 Å². The van der Waals surface area contributed by atoms with Gasteiger partial charge in [-0.15, -0.1) is 0 Å². The summed E-state index contributed by atoms with van der Waals surface area (Å²) in [4.78, 5) is 2.95. The van der Waals surface area contributed by atoms with Crippen LogP contribution in [0.3, 0.4) is 0 Å². The zero-order chi connectivity index (χ0) is 16.2. The standard InChI is InChI=1S/C19H16O2S2/c1-15-7-9-17(10-8-15)23(21)19-13-11-18(12-14-19)22(20)16-5-3-2-4-6-16/h2-14H,1H3. The highest BCUT2D eigenvalue weighted by Crippen LogP contribution is 2.25. The molecule has 0 saturated carbocycles. The lowest BCUT2D eigenvalue weighted by Crippen LogP contribution is -2.05. The van der Waals surface area contributed by atoms with Gasteiger partial charge < -0.3 is 9.11 Å². The number of rotatable bonds is 4. The Morgan fingerprint density at radius 3 is 1.30 bits per heavy atom. The van der Waals surface area contributed by atoms with E-state index < -0.39 is 22.4 Å². The van der Waals surface area contributed by atoms with E-state index in [1.165, 1.54) is 0 Å². The molecule has 3 aromatic rings. The number of hydrogen-bond acceptors (Lipinski definition) is 2. The summed E-state index contributed by atoms with van der Waals surface area (Å²) in [6, 6.07) is 24.1. The van der Waals surface area contributed by atoms with E-state index in [1.807, 2.05) is 61.5 Å². The molecule has 0 aliphatic rings. The van der Waals surface area contributed by atoms with Crippen molar-refractivity contribution in [3.05, 3.63) is 84.4 Å². The van der Waals surface area contributed by atoms with E-state index in [9.17, 15) is 9.11 Å². The fourth-order valence-electron chi connectivity index (χ4n) is 2.16. The van der Waals surface area contributed by atoms with Gasteiger partial charge in [-0.2, -0.15) is 0 Å². The molecule has 0 heterocycles. The summed E-state index contributed by atoms with van der Waals surface area (Å²) in [5.41, 5.74) is 1.14. The SMILES string of the molecule is Cc1ccc([S+]([O-])c2ccc([S+]([O-])c3ccccc3)cc2)cc1. The molecule has 0 N–H and O–H groups in total. The zero-order valence-electron chi connectivity index (χ0n) is 12.6. The minimum atomic E-state index is -1.22. The van der Waals surface area contributed by atoms with Crippen LogP contribution in [0, 0.1) is 6.92 Å². The highest BCUT2D eigenvalue weighted by atomic mass is 32.2. The Kier molecular flexibility index (Phi) is 5.08. The van der Waals surface area contributed by atoms with E-state index in [0.29, 0.717) is 9.79 Å². The molecule has 0 aliphatic heterocycles. The first-order valence-electron chi connectivity index (χ1n) is 7.20. The molecule has 0 spiro atoms. The predicted molar refractivity (Wildman–Crippen MR) is 93.4 cm³/mol. The average molecular weight is 340 g/mol. The lowest BCUT2D eigenvalue weighted by atomic mass is 10.2. The molecular weight excluding hydrogens is 324 g/mol. The van der Waals surface area contributed by atoms with Gasteiger partial charge in [-0.1, -0.05) is 35.9 Å². The van der Waals surface area contributed by atoms with Gasteiger partial charge in [0.25, 0.3) is 0 Å². The summed E-state index contributed by atoms with van der Waals surface area (Å²) in [5, 5.41) is 0. The predicted octanol–water partition coefficient (Wildman–Crippen LogP) is 4.33. The summed E-state index contributed by atoms with van der Waals surface area (Å²) in [6.45, 7) is 2.00. The lowest BCUT2D eigenvalue weighted by Gasteiger charge is -2.12. The topological polar surface area (TPSA) is 46.1 Å². The van der Waals surface area contributed by atoms with Gasteiger partial charge in [0.05, 0.1) is 0 Å². The van der Waals surface area contributed by atoms with Crippen LogP contribution >= 0.6 is 0 Å². The minimum Gasteiger partial charge on any atom is -0.606 e. The fraction of sp³-hybridized carbons (Fsp3) is 0.0526. The summed E-state index contributed by atoms with van der Waals surface area (Å²) >= 11 is -2.43.